The molecule has 15 heavy (non-hydrogen) atoms. The Balaban J connectivity index is 3.53. The average Bonchev–Trinajstić information content (AvgIpc) is 2.12. The number of alkyl halides is 1. The largest absolute Gasteiger partial charge is 0.508 e. The fourth-order valence-corrected chi connectivity index (χ4v) is 2.14. The highest BCUT2D eigenvalue weighted by Gasteiger charge is 2.21. The number of phenolic OH excluding ortho intramolecular Hbond substituents is 1. The molecule has 0 radical (unpaired) electrons. The van der Waals surface area contributed by atoms with E-state index in [-0.39, 0.29) is 5.41 Å². The Labute approximate surface area is 97.1 Å². The lowest BCUT2D eigenvalue weighted by Crippen LogP contribution is -2.15. The summed E-state index contributed by atoms with van der Waals surface area (Å²) in [5.41, 5.74) is 4.34. The average molecular weight is 227 g/mol. The topological polar surface area (TPSA) is 20.2 Å². The van der Waals surface area contributed by atoms with E-state index in [1.807, 2.05) is 19.9 Å². The monoisotopic (exact) mass is 226 g/mol. The van der Waals surface area contributed by atoms with Gasteiger partial charge in [-0.3, -0.25) is 0 Å². The van der Waals surface area contributed by atoms with E-state index in [1.54, 1.807) is 0 Å². The molecule has 1 N–H and O–H groups in total. The molecule has 0 saturated heterocycles. The van der Waals surface area contributed by atoms with E-state index in [9.17, 15) is 5.11 Å². The van der Waals surface area contributed by atoms with Crippen molar-refractivity contribution in [1.29, 1.82) is 0 Å². The van der Waals surface area contributed by atoms with E-state index < -0.39 is 0 Å². The summed E-state index contributed by atoms with van der Waals surface area (Å²) >= 11 is 5.99. The maximum absolute atomic E-state index is 9.82. The molecule has 0 fully saturated rings. The standard InChI is InChI=1S/C13H19ClO/c1-8-9(2)12(15)6-11(10(8)7-14)13(3,4)5/h6,15H,7H2,1-5H3. The highest BCUT2D eigenvalue weighted by molar-refractivity contribution is 6.17. The number of phenols is 1. The second-order valence-electron chi connectivity index (χ2n) is 5.06. The van der Waals surface area contributed by atoms with Crippen molar-refractivity contribution >= 4 is 11.6 Å². The second kappa shape index (κ2) is 4.05. The molecule has 84 valence electrons. The van der Waals surface area contributed by atoms with Crippen molar-refractivity contribution in [2.75, 3.05) is 0 Å². The minimum Gasteiger partial charge on any atom is -0.508 e. The van der Waals surface area contributed by atoms with Crippen LogP contribution in [0.5, 0.6) is 5.75 Å². The third-order valence-electron chi connectivity index (χ3n) is 2.95. The van der Waals surface area contributed by atoms with Gasteiger partial charge < -0.3 is 5.11 Å². The van der Waals surface area contributed by atoms with E-state index in [0.29, 0.717) is 11.6 Å². The molecule has 1 nitrogen and oxygen atoms in total. The summed E-state index contributed by atoms with van der Waals surface area (Å²) in [5, 5.41) is 9.82. The molecule has 0 spiro atoms. The summed E-state index contributed by atoms with van der Waals surface area (Å²) in [7, 11) is 0. The first kappa shape index (κ1) is 12.4. The van der Waals surface area contributed by atoms with Gasteiger partial charge in [-0.2, -0.15) is 0 Å². The van der Waals surface area contributed by atoms with Crippen molar-refractivity contribution in [3.05, 3.63) is 28.3 Å². The number of hydrogen-bond donors (Lipinski definition) is 1. The normalized spacial score (nSPS) is 11.9. The number of benzene rings is 1. The molecule has 1 rings (SSSR count). The van der Waals surface area contributed by atoms with E-state index in [1.165, 1.54) is 0 Å². The fourth-order valence-electron chi connectivity index (χ4n) is 1.79. The maximum Gasteiger partial charge on any atom is 0.119 e. The van der Waals surface area contributed by atoms with Crippen molar-refractivity contribution in [1.82, 2.24) is 0 Å². The number of hydrogen-bond acceptors (Lipinski definition) is 1. The minimum atomic E-state index is 0.0141. The molecule has 1 aromatic carbocycles. The summed E-state index contributed by atoms with van der Waals surface area (Å²) < 4.78 is 0. The molecule has 0 amide bonds. The van der Waals surface area contributed by atoms with Crippen LogP contribution in [0, 0.1) is 13.8 Å². The van der Waals surface area contributed by atoms with E-state index in [4.69, 9.17) is 11.6 Å². The Morgan fingerprint density at radius 3 is 2.13 bits per heavy atom. The number of halogens is 1. The van der Waals surface area contributed by atoms with Crippen LogP contribution >= 0.6 is 11.6 Å². The summed E-state index contributed by atoms with van der Waals surface area (Å²) in [5.74, 6) is 0.866. The van der Waals surface area contributed by atoms with Crippen LogP contribution in [0.15, 0.2) is 6.07 Å². The van der Waals surface area contributed by atoms with Gasteiger partial charge >= 0.3 is 0 Å². The van der Waals surface area contributed by atoms with Gasteiger partial charge in [-0.15, -0.1) is 11.6 Å². The van der Waals surface area contributed by atoms with Crippen molar-refractivity contribution in [3.63, 3.8) is 0 Å². The molecule has 0 saturated carbocycles. The zero-order chi connectivity index (χ0) is 11.8. The summed E-state index contributed by atoms with van der Waals surface area (Å²) in [6.07, 6.45) is 0. The van der Waals surface area contributed by atoms with Crippen LogP contribution in [-0.4, -0.2) is 5.11 Å². The highest BCUT2D eigenvalue weighted by Crippen LogP contribution is 2.35. The molecule has 0 aliphatic carbocycles. The smallest absolute Gasteiger partial charge is 0.119 e. The molecule has 0 aliphatic rings. The molecule has 0 aromatic heterocycles. The molecular weight excluding hydrogens is 208 g/mol. The Bertz CT molecular complexity index is 375. The number of rotatable bonds is 1. The number of aromatic hydroxyl groups is 1. The molecular formula is C13H19ClO. The van der Waals surface area contributed by atoms with Gasteiger partial charge in [-0.25, -0.2) is 0 Å². The van der Waals surface area contributed by atoms with Gasteiger partial charge in [0.25, 0.3) is 0 Å². The Morgan fingerprint density at radius 2 is 1.73 bits per heavy atom. The molecule has 0 aliphatic heterocycles. The SMILES string of the molecule is Cc1c(O)cc(C(C)(C)C)c(CCl)c1C. The second-order valence-corrected chi connectivity index (χ2v) is 5.32. The minimum absolute atomic E-state index is 0.0141. The predicted molar refractivity (Wildman–Crippen MR) is 65.8 cm³/mol. The predicted octanol–water partition coefficient (Wildman–Crippen LogP) is 4.05. The summed E-state index contributed by atoms with van der Waals surface area (Å²) in [4.78, 5) is 0. The molecule has 0 heterocycles. The van der Waals surface area contributed by atoms with Crippen LogP contribution in [0.4, 0.5) is 0 Å². The van der Waals surface area contributed by atoms with Gasteiger partial charge in [0, 0.05) is 5.88 Å². The molecule has 0 unspecified atom stereocenters. The third-order valence-corrected chi connectivity index (χ3v) is 3.21. The van der Waals surface area contributed by atoms with Gasteiger partial charge in [-0.1, -0.05) is 20.8 Å². The van der Waals surface area contributed by atoms with Crippen molar-refractivity contribution < 1.29 is 5.11 Å². The van der Waals surface area contributed by atoms with E-state index in [0.717, 1.165) is 22.3 Å². The first-order valence-electron chi connectivity index (χ1n) is 5.17. The zero-order valence-electron chi connectivity index (χ0n) is 10.1. The zero-order valence-corrected chi connectivity index (χ0v) is 10.9. The van der Waals surface area contributed by atoms with Gasteiger partial charge in [0.15, 0.2) is 0 Å². The quantitative estimate of drug-likeness (QED) is 0.717. The molecule has 2 heteroatoms. The highest BCUT2D eigenvalue weighted by atomic mass is 35.5. The summed E-state index contributed by atoms with van der Waals surface area (Å²) in [6.45, 7) is 10.3. The van der Waals surface area contributed by atoms with Gasteiger partial charge in [0.1, 0.15) is 5.75 Å². The van der Waals surface area contributed by atoms with Gasteiger partial charge in [-0.05, 0) is 47.6 Å². The van der Waals surface area contributed by atoms with E-state index >= 15 is 0 Å². The Kier molecular flexibility index (Phi) is 3.34. The Hall–Kier alpha value is -0.690. The molecule has 0 atom stereocenters. The third kappa shape index (κ3) is 2.28. The van der Waals surface area contributed by atoms with Crippen LogP contribution < -0.4 is 0 Å². The van der Waals surface area contributed by atoms with Crippen LogP contribution in [0.3, 0.4) is 0 Å². The summed E-state index contributed by atoms with van der Waals surface area (Å²) in [6, 6.07) is 1.85. The Morgan fingerprint density at radius 1 is 1.20 bits per heavy atom. The van der Waals surface area contributed by atoms with Crippen molar-refractivity contribution in [2.24, 2.45) is 0 Å². The molecule has 1 aromatic rings. The van der Waals surface area contributed by atoms with Crippen LogP contribution in [0.25, 0.3) is 0 Å². The lowest BCUT2D eigenvalue weighted by molar-refractivity contribution is 0.465. The van der Waals surface area contributed by atoms with Gasteiger partial charge in [0.2, 0.25) is 0 Å². The van der Waals surface area contributed by atoms with Gasteiger partial charge in [0.05, 0.1) is 0 Å². The van der Waals surface area contributed by atoms with Crippen LogP contribution in [0.1, 0.15) is 43.0 Å². The maximum atomic E-state index is 9.82. The fraction of sp³-hybridized carbons (Fsp3) is 0.538. The first-order chi connectivity index (χ1) is 6.79. The van der Waals surface area contributed by atoms with Crippen LogP contribution in [0.2, 0.25) is 0 Å². The van der Waals surface area contributed by atoms with Crippen LogP contribution in [-0.2, 0) is 11.3 Å². The lowest BCUT2D eigenvalue weighted by atomic mass is 9.81. The van der Waals surface area contributed by atoms with Crippen molar-refractivity contribution in [2.45, 2.75) is 45.9 Å². The van der Waals surface area contributed by atoms with Crippen molar-refractivity contribution in [3.8, 4) is 5.75 Å². The lowest BCUT2D eigenvalue weighted by Gasteiger charge is -2.25. The molecule has 0 bridgehead atoms. The first-order valence-corrected chi connectivity index (χ1v) is 5.71. The van der Waals surface area contributed by atoms with E-state index in [2.05, 4.69) is 20.8 Å².